The summed E-state index contributed by atoms with van der Waals surface area (Å²) in [5.74, 6) is -0.877. The third kappa shape index (κ3) is 3.28. The lowest BCUT2D eigenvalue weighted by Crippen LogP contribution is -2.29. The Morgan fingerprint density at radius 2 is 1.33 bits per heavy atom. The van der Waals surface area contributed by atoms with Crippen molar-refractivity contribution in [1.82, 2.24) is 4.31 Å². The van der Waals surface area contributed by atoms with Crippen molar-refractivity contribution in [1.29, 1.82) is 0 Å². The molecular formula is C15H15F2NO2S. The lowest BCUT2D eigenvalue weighted by Gasteiger charge is -2.24. The Labute approximate surface area is 122 Å². The van der Waals surface area contributed by atoms with Crippen LogP contribution in [0.4, 0.5) is 8.78 Å². The molecule has 3 nitrogen and oxygen atoms in total. The fraction of sp³-hybridized carbons (Fsp3) is 0.200. The molecule has 1 atom stereocenters. The van der Waals surface area contributed by atoms with Gasteiger partial charge in [0.2, 0.25) is 10.0 Å². The zero-order valence-corrected chi connectivity index (χ0v) is 12.4. The number of hydrogen-bond acceptors (Lipinski definition) is 2. The predicted molar refractivity (Wildman–Crippen MR) is 76.2 cm³/mol. The van der Waals surface area contributed by atoms with Crippen LogP contribution in [0.15, 0.2) is 53.4 Å². The SMILES string of the molecule is CC(c1ccc(F)cc1)N(C)S(=O)(=O)c1ccc(F)cc1. The van der Waals surface area contributed by atoms with Crippen LogP contribution >= 0.6 is 0 Å². The van der Waals surface area contributed by atoms with Crippen molar-refractivity contribution in [3.63, 3.8) is 0 Å². The molecule has 0 heterocycles. The third-order valence-corrected chi connectivity index (χ3v) is 5.33. The summed E-state index contributed by atoms with van der Waals surface area (Å²) in [4.78, 5) is 0.0142. The number of halogens is 2. The maximum absolute atomic E-state index is 12.9. The average Bonchev–Trinajstić information content (AvgIpc) is 2.47. The van der Waals surface area contributed by atoms with Gasteiger partial charge < -0.3 is 0 Å². The van der Waals surface area contributed by atoms with Crippen LogP contribution in [0.25, 0.3) is 0 Å². The Morgan fingerprint density at radius 1 is 0.905 bits per heavy atom. The van der Waals surface area contributed by atoms with E-state index in [9.17, 15) is 17.2 Å². The number of nitrogens with zero attached hydrogens (tertiary/aromatic N) is 1. The first-order valence-electron chi connectivity index (χ1n) is 6.31. The Balaban J connectivity index is 2.31. The van der Waals surface area contributed by atoms with Crippen LogP contribution in [-0.4, -0.2) is 19.8 Å². The monoisotopic (exact) mass is 311 g/mol. The van der Waals surface area contributed by atoms with Gasteiger partial charge in [0.25, 0.3) is 0 Å². The average molecular weight is 311 g/mol. The molecule has 0 saturated heterocycles. The molecule has 2 aromatic carbocycles. The highest BCUT2D eigenvalue weighted by molar-refractivity contribution is 7.89. The zero-order valence-electron chi connectivity index (χ0n) is 11.6. The summed E-state index contributed by atoms with van der Waals surface area (Å²) < 4.78 is 51.9. The molecular weight excluding hydrogens is 296 g/mol. The molecule has 0 aliphatic rings. The summed E-state index contributed by atoms with van der Waals surface area (Å²) in [5.41, 5.74) is 0.671. The highest BCUT2D eigenvalue weighted by atomic mass is 32.2. The summed E-state index contributed by atoms with van der Waals surface area (Å²) in [7, 11) is -2.30. The molecule has 0 N–H and O–H groups in total. The van der Waals surface area contributed by atoms with Gasteiger partial charge >= 0.3 is 0 Å². The molecule has 6 heteroatoms. The normalized spacial score (nSPS) is 13.4. The second-order valence-corrected chi connectivity index (χ2v) is 6.70. The van der Waals surface area contributed by atoms with Crippen LogP contribution in [0.2, 0.25) is 0 Å². The number of sulfonamides is 1. The van der Waals surface area contributed by atoms with E-state index in [1.807, 2.05) is 0 Å². The molecule has 0 aliphatic heterocycles. The minimum atomic E-state index is -3.74. The maximum atomic E-state index is 12.9. The van der Waals surface area contributed by atoms with E-state index in [-0.39, 0.29) is 10.7 Å². The van der Waals surface area contributed by atoms with E-state index in [1.165, 1.54) is 47.8 Å². The van der Waals surface area contributed by atoms with Crippen LogP contribution < -0.4 is 0 Å². The topological polar surface area (TPSA) is 37.4 Å². The van der Waals surface area contributed by atoms with Gasteiger partial charge in [-0.1, -0.05) is 12.1 Å². The standard InChI is InChI=1S/C15H15F2NO2S/c1-11(12-3-5-13(16)6-4-12)18(2)21(19,20)15-9-7-14(17)8-10-15/h3-11H,1-2H3. The molecule has 21 heavy (non-hydrogen) atoms. The highest BCUT2D eigenvalue weighted by Gasteiger charge is 2.26. The van der Waals surface area contributed by atoms with Gasteiger partial charge in [-0.05, 0) is 48.9 Å². The van der Waals surface area contributed by atoms with Crippen molar-refractivity contribution in [2.45, 2.75) is 17.9 Å². The Bertz CT molecular complexity index is 712. The predicted octanol–water partition coefficient (Wildman–Crippen LogP) is 3.35. The number of rotatable bonds is 4. The highest BCUT2D eigenvalue weighted by Crippen LogP contribution is 2.25. The van der Waals surface area contributed by atoms with Crippen molar-refractivity contribution in [2.75, 3.05) is 7.05 Å². The molecule has 0 spiro atoms. The van der Waals surface area contributed by atoms with Crippen LogP contribution in [0.5, 0.6) is 0 Å². The first-order chi connectivity index (χ1) is 9.82. The summed E-state index contributed by atoms with van der Waals surface area (Å²) in [6, 6.07) is 9.81. The summed E-state index contributed by atoms with van der Waals surface area (Å²) >= 11 is 0. The van der Waals surface area contributed by atoms with E-state index in [0.717, 1.165) is 12.1 Å². The molecule has 0 saturated carbocycles. The first kappa shape index (κ1) is 15.6. The molecule has 2 aromatic rings. The van der Waals surface area contributed by atoms with Crippen molar-refractivity contribution >= 4 is 10.0 Å². The van der Waals surface area contributed by atoms with Crippen molar-refractivity contribution in [3.8, 4) is 0 Å². The maximum Gasteiger partial charge on any atom is 0.243 e. The molecule has 0 radical (unpaired) electrons. The third-order valence-electron chi connectivity index (χ3n) is 3.39. The van der Waals surface area contributed by atoms with Crippen molar-refractivity contribution in [3.05, 3.63) is 65.7 Å². The van der Waals surface area contributed by atoms with E-state index in [1.54, 1.807) is 6.92 Å². The van der Waals surface area contributed by atoms with Crippen LogP contribution in [0.3, 0.4) is 0 Å². The summed E-state index contributed by atoms with van der Waals surface area (Å²) in [5, 5.41) is 0. The molecule has 0 amide bonds. The smallest absolute Gasteiger partial charge is 0.207 e. The number of benzene rings is 2. The van der Waals surface area contributed by atoms with Gasteiger partial charge in [0.05, 0.1) is 4.90 Å². The molecule has 2 rings (SSSR count). The molecule has 1 unspecified atom stereocenters. The van der Waals surface area contributed by atoms with Gasteiger partial charge in [-0.2, -0.15) is 4.31 Å². The van der Waals surface area contributed by atoms with E-state index in [0.29, 0.717) is 5.56 Å². The first-order valence-corrected chi connectivity index (χ1v) is 7.75. The summed E-state index contributed by atoms with van der Waals surface area (Å²) in [6.45, 7) is 1.70. The van der Waals surface area contributed by atoms with E-state index in [2.05, 4.69) is 0 Å². The molecule has 112 valence electrons. The van der Waals surface area contributed by atoms with Gasteiger partial charge in [0, 0.05) is 13.1 Å². The fourth-order valence-electron chi connectivity index (χ4n) is 1.93. The van der Waals surface area contributed by atoms with Crippen molar-refractivity contribution in [2.24, 2.45) is 0 Å². The Kier molecular flexibility index (Phi) is 4.39. The van der Waals surface area contributed by atoms with E-state index >= 15 is 0 Å². The van der Waals surface area contributed by atoms with Gasteiger partial charge in [-0.3, -0.25) is 0 Å². The van der Waals surface area contributed by atoms with E-state index < -0.39 is 21.9 Å². The minimum absolute atomic E-state index is 0.0142. The van der Waals surface area contributed by atoms with E-state index in [4.69, 9.17) is 0 Å². The summed E-state index contributed by atoms with van der Waals surface area (Å²) in [6.07, 6.45) is 0. The van der Waals surface area contributed by atoms with Crippen LogP contribution in [-0.2, 0) is 10.0 Å². The minimum Gasteiger partial charge on any atom is -0.207 e. The second kappa shape index (κ2) is 5.91. The molecule has 0 fully saturated rings. The Morgan fingerprint density at radius 3 is 1.81 bits per heavy atom. The molecule has 0 bridgehead atoms. The van der Waals surface area contributed by atoms with Gasteiger partial charge in [-0.25, -0.2) is 17.2 Å². The molecule has 0 aliphatic carbocycles. The lowest BCUT2D eigenvalue weighted by atomic mass is 10.1. The second-order valence-electron chi connectivity index (χ2n) is 4.70. The largest absolute Gasteiger partial charge is 0.243 e. The Hall–Kier alpha value is -1.79. The number of hydrogen-bond donors (Lipinski definition) is 0. The zero-order chi connectivity index (χ0) is 15.6. The molecule has 0 aromatic heterocycles. The van der Waals surface area contributed by atoms with Gasteiger partial charge in [0.1, 0.15) is 11.6 Å². The van der Waals surface area contributed by atoms with Gasteiger partial charge in [-0.15, -0.1) is 0 Å². The quantitative estimate of drug-likeness (QED) is 0.868. The lowest BCUT2D eigenvalue weighted by molar-refractivity contribution is 0.398. The van der Waals surface area contributed by atoms with Crippen LogP contribution in [0, 0.1) is 11.6 Å². The van der Waals surface area contributed by atoms with Gasteiger partial charge in [0.15, 0.2) is 0 Å². The van der Waals surface area contributed by atoms with Crippen LogP contribution in [0.1, 0.15) is 18.5 Å². The van der Waals surface area contributed by atoms with Crippen molar-refractivity contribution < 1.29 is 17.2 Å². The fourth-order valence-corrected chi connectivity index (χ4v) is 3.28.